The number of nitrogens with zero attached hydrogens (tertiary/aromatic N) is 5. The van der Waals surface area contributed by atoms with Crippen molar-refractivity contribution in [1.29, 1.82) is 0 Å². The quantitative estimate of drug-likeness (QED) is 0.714. The van der Waals surface area contributed by atoms with Gasteiger partial charge in [0.2, 0.25) is 0 Å². The number of carbonyl (C=O) groups is 2. The minimum absolute atomic E-state index is 0.0268. The highest BCUT2D eigenvalue weighted by molar-refractivity contribution is 5.94. The smallest absolute Gasteiger partial charge is 0.273 e. The molecule has 0 unspecified atom stereocenters. The molecule has 2 aromatic rings. The SMILES string of the molecule is COCCNC(=O)c1cn(C[C@@H]2CCCN(C(=O)c3ccncc3)C2)nn1. The van der Waals surface area contributed by atoms with E-state index in [9.17, 15) is 9.59 Å². The largest absolute Gasteiger partial charge is 0.383 e. The number of ether oxygens (including phenoxy) is 1. The molecule has 9 heteroatoms. The van der Waals surface area contributed by atoms with Gasteiger partial charge in [-0.05, 0) is 30.9 Å². The zero-order valence-electron chi connectivity index (χ0n) is 15.4. The van der Waals surface area contributed by atoms with Crippen LogP contribution < -0.4 is 5.32 Å². The van der Waals surface area contributed by atoms with Crippen LogP contribution >= 0.6 is 0 Å². The molecule has 3 rings (SSSR count). The second kappa shape index (κ2) is 9.22. The molecule has 2 amide bonds. The standard InChI is InChI=1S/C18H24N6O3/c1-27-10-8-20-17(25)16-13-24(22-21-16)12-14-3-2-9-23(11-14)18(26)15-4-6-19-7-5-15/h4-7,13-14H,2-3,8-12H2,1H3,(H,20,25)/t14-/m1/s1. The lowest BCUT2D eigenvalue weighted by molar-refractivity contribution is 0.0659. The lowest BCUT2D eigenvalue weighted by Gasteiger charge is -2.32. The molecule has 2 aromatic heterocycles. The fourth-order valence-corrected chi connectivity index (χ4v) is 3.19. The molecule has 0 aromatic carbocycles. The van der Waals surface area contributed by atoms with Gasteiger partial charge in [0.15, 0.2) is 5.69 Å². The third-order valence-electron chi connectivity index (χ3n) is 4.54. The summed E-state index contributed by atoms with van der Waals surface area (Å²) < 4.78 is 6.58. The Morgan fingerprint density at radius 1 is 1.33 bits per heavy atom. The summed E-state index contributed by atoms with van der Waals surface area (Å²) in [7, 11) is 1.58. The van der Waals surface area contributed by atoms with E-state index in [1.807, 2.05) is 4.90 Å². The van der Waals surface area contributed by atoms with E-state index in [1.165, 1.54) is 0 Å². The van der Waals surface area contributed by atoms with E-state index in [0.717, 1.165) is 19.4 Å². The molecule has 0 aliphatic carbocycles. The van der Waals surface area contributed by atoms with Gasteiger partial charge < -0.3 is 15.0 Å². The molecular weight excluding hydrogens is 348 g/mol. The zero-order valence-corrected chi connectivity index (χ0v) is 15.4. The normalized spacial score (nSPS) is 16.9. The van der Waals surface area contributed by atoms with Crippen LogP contribution in [0.3, 0.4) is 0 Å². The summed E-state index contributed by atoms with van der Waals surface area (Å²) in [5.41, 5.74) is 0.938. The number of rotatable bonds is 7. The Hall–Kier alpha value is -2.81. The Labute approximate surface area is 157 Å². The van der Waals surface area contributed by atoms with E-state index < -0.39 is 0 Å². The molecule has 3 heterocycles. The van der Waals surface area contributed by atoms with Crippen molar-refractivity contribution in [3.8, 4) is 0 Å². The van der Waals surface area contributed by atoms with Gasteiger partial charge >= 0.3 is 0 Å². The van der Waals surface area contributed by atoms with Crippen LogP contribution in [0.2, 0.25) is 0 Å². The molecule has 1 aliphatic rings. The Bertz CT molecular complexity index is 763. The third kappa shape index (κ3) is 5.10. The fourth-order valence-electron chi connectivity index (χ4n) is 3.19. The molecule has 0 saturated carbocycles. The maximum atomic E-state index is 12.6. The summed E-state index contributed by atoms with van der Waals surface area (Å²) >= 11 is 0. The number of pyridine rings is 1. The summed E-state index contributed by atoms with van der Waals surface area (Å²) in [6.07, 6.45) is 6.86. The minimum Gasteiger partial charge on any atom is -0.383 e. The third-order valence-corrected chi connectivity index (χ3v) is 4.54. The van der Waals surface area contributed by atoms with Crippen LogP contribution in [0, 0.1) is 5.92 Å². The summed E-state index contributed by atoms with van der Waals surface area (Å²) in [4.78, 5) is 30.4. The van der Waals surface area contributed by atoms with Gasteiger partial charge in [0.05, 0.1) is 12.8 Å². The van der Waals surface area contributed by atoms with Crippen molar-refractivity contribution >= 4 is 11.8 Å². The van der Waals surface area contributed by atoms with Crippen LogP contribution in [0.4, 0.5) is 0 Å². The van der Waals surface area contributed by atoms with E-state index in [1.54, 1.807) is 42.5 Å². The Morgan fingerprint density at radius 2 is 2.15 bits per heavy atom. The van der Waals surface area contributed by atoms with Crippen LogP contribution in [0.15, 0.2) is 30.7 Å². The maximum absolute atomic E-state index is 12.6. The van der Waals surface area contributed by atoms with E-state index in [2.05, 4.69) is 20.6 Å². The van der Waals surface area contributed by atoms with Crippen molar-refractivity contribution < 1.29 is 14.3 Å². The number of methoxy groups -OCH3 is 1. The molecule has 1 saturated heterocycles. The van der Waals surface area contributed by atoms with Gasteiger partial charge in [-0.15, -0.1) is 5.10 Å². The second-order valence-electron chi connectivity index (χ2n) is 6.57. The van der Waals surface area contributed by atoms with E-state index in [0.29, 0.717) is 31.8 Å². The van der Waals surface area contributed by atoms with E-state index >= 15 is 0 Å². The van der Waals surface area contributed by atoms with Crippen LogP contribution in [0.1, 0.15) is 33.7 Å². The molecule has 1 N–H and O–H groups in total. The van der Waals surface area contributed by atoms with Gasteiger partial charge in [-0.25, -0.2) is 0 Å². The molecule has 0 radical (unpaired) electrons. The van der Waals surface area contributed by atoms with Crippen molar-refractivity contribution in [3.05, 3.63) is 42.0 Å². The highest BCUT2D eigenvalue weighted by Crippen LogP contribution is 2.20. The first-order chi connectivity index (χ1) is 13.2. The minimum atomic E-state index is -0.267. The first kappa shape index (κ1) is 19.0. The molecule has 1 atom stereocenters. The number of aromatic nitrogens is 4. The van der Waals surface area contributed by atoms with Gasteiger partial charge in [0.1, 0.15) is 0 Å². The number of piperidine rings is 1. The number of hydrogen-bond donors (Lipinski definition) is 1. The van der Waals surface area contributed by atoms with E-state index in [4.69, 9.17) is 4.74 Å². The molecule has 27 heavy (non-hydrogen) atoms. The number of hydrogen-bond acceptors (Lipinski definition) is 6. The molecule has 1 fully saturated rings. The number of amides is 2. The summed E-state index contributed by atoms with van der Waals surface area (Å²) in [6.45, 7) is 2.91. The first-order valence-electron chi connectivity index (χ1n) is 9.04. The Morgan fingerprint density at radius 3 is 2.93 bits per heavy atom. The Balaban J connectivity index is 1.55. The summed E-state index contributed by atoms with van der Waals surface area (Å²) in [5, 5.41) is 10.7. The lowest BCUT2D eigenvalue weighted by Crippen LogP contribution is -2.41. The summed E-state index contributed by atoms with van der Waals surface area (Å²) in [5.74, 6) is 0.0333. The second-order valence-corrected chi connectivity index (χ2v) is 6.57. The van der Waals surface area contributed by atoms with Crippen molar-refractivity contribution in [1.82, 2.24) is 30.2 Å². The Kier molecular flexibility index (Phi) is 6.48. The molecule has 9 nitrogen and oxygen atoms in total. The number of likely N-dealkylation sites (tertiary alicyclic amines) is 1. The van der Waals surface area contributed by atoms with Crippen molar-refractivity contribution in [3.63, 3.8) is 0 Å². The maximum Gasteiger partial charge on any atom is 0.273 e. The highest BCUT2D eigenvalue weighted by Gasteiger charge is 2.25. The van der Waals surface area contributed by atoms with Crippen molar-refractivity contribution in [2.75, 3.05) is 33.4 Å². The van der Waals surface area contributed by atoms with Gasteiger partial charge in [-0.3, -0.25) is 19.3 Å². The molecular formula is C18H24N6O3. The zero-order chi connectivity index (χ0) is 19.1. The van der Waals surface area contributed by atoms with E-state index in [-0.39, 0.29) is 23.4 Å². The average molecular weight is 372 g/mol. The predicted octanol–water partition coefficient (Wildman–Crippen LogP) is 0.602. The molecule has 144 valence electrons. The van der Waals surface area contributed by atoms with Gasteiger partial charge in [-0.1, -0.05) is 5.21 Å². The lowest BCUT2D eigenvalue weighted by atomic mass is 9.97. The number of carbonyl (C=O) groups excluding carboxylic acids is 2. The van der Waals surface area contributed by atoms with Crippen LogP contribution in [-0.2, 0) is 11.3 Å². The average Bonchev–Trinajstić information content (AvgIpc) is 3.17. The first-order valence-corrected chi connectivity index (χ1v) is 9.04. The van der Waals surface area contributed by atoms with Crippen molar-refractivity contribution in [2.24, 2.45) is 5.92 Å². The molecule has 0 spiro atoms. The van der Waals surface area contributed by atoms with Crippen LogP contribution in [0.25, 0.3) is 0 Å². The van der Waals surface area contributed by atoms with Gasteiger partial charge in [-0.2, -0.15) is 0 Å². The highest BCUT2D eigenvalue weighted by atomic mass is 16.5. The topological polar surface area (TPSA) is 102 Å². The fraction of sp³-hybridized carbons (Fsp3) is 0.500. The van der Waals surface area contributed by atoms with Crippen LogP contribution in [0.5, 0.6) is 0 Å². The van der Waals surface area contributed by atoms with Gasteiger partial charge in [0, 0.05) is 51.2 Å². The van der Waals surface area contributed by atoms with Gasteiger partial charge in [0.25, 0.3) is 11.8 Å². The van der Waals surface area contributed by atoms with Crippen molar-refractivity contribution in [2.45, 2.75) is 19.4 Å². The number of nitrogens with one attached hydrogen (secondary N) is 1. The monoisotopic (exact) mass is 372 g/mol. The predicted molar refractivity (Wildman–Crippen MR) is 97.1 cm³/mol. The summed E-state index contributed by atoms with van der Waals surface area (Å²) in [6, 6.07) is 3.47. The molecule has 1 aliphatic heterocycles. The van der Waals surface area contributed by atoms with Crippen LogP contribution in [-0.4, -0.2) is 70.0 Å². The molecule has 0 bridgehead atoms.